The maximum Gasteiger partial charge on any atom is 0.339 e. The molecular formula is C21H25NO11. The highest BCUT2D eigenvalue weighted by Gasteiger charge is 2.52. The molecule has 12 nitrogen and oxygen atoms in total. The number of carbonyl (C=O) groups is 5. The summed E-state index contributed by atoms with van der Waals surface area (Å²) in [6.07, 6.45) is -5.18. The second-order valence-electron chi connectivity index (χ2n) is 7.14. The van der Waals surface area contributed by atoms with Crippen molar-refractivity contribution in [3.63, 3.8) is 0 Å². The fourth-order valence-electron chi connectivity index (χ4n) is 3.26. The number of amides is 1. The minimum Gasteiger partial charge on any atom is -0.478 e. The van der Waals surface area contributed by atoms with Crippen LogP contribution in [0.15, 0.2) is 24.3 Å². The van der Waals surface area contributed by atoms with Gasteiger partial charge in [-0.05, 0) is 12.1 Å². The van der Waals surface area contributed by atoms with Gasteiger partial charge in [0, 0.05) is 27.7 Å². The van der Waals surface area contributed by atoms with Crippen molar-refractivity contribution in [2.45, 2.75) is 58.3 Å². The quantitative estimate of drug-likeness (QED) is 0.402. The number of aromatic carboxylic acids is 1. The van der Waals surface area contributed by atoms with E-state index in [0.717, 1.165) is 20.8 Å². The second kappa shape index (κ2) is 11.3. The molecule has 1 aliphatic heterocycles. The Morgan fingerprint density at radius 1 is 0.939 bits per heavy atom. The van der Waals surface area contributed by atoms with Crippen molar-refractivity contribution in [1.82, 2.24) is 5.32 Å². The van der Waals surface area contributed by atoms with Crippen LogP contribution in [0.3, 0.4) is 0 Å². The van der Waals surface area contributed by atoms with Gasteiger partial charge in [-0.1, -0.05) is 12.1 Å². The predicted octanol–water partition coefficient (Wildman–Crippen LogP) is 0.420. The number of esters is 3. The van der Waals surface area contributed by atoms with Crippen LogP contribution in [-0.4, -0.2) is 72.1 Å². The first kappa shape index (κ1) is 25.6. The normalized spacial score (nSPS) is 24.2. The molecule has 1 heterocycles. The molecule has 1 aromatic carbocycles. The predicted molar refractivity (Wildman–Crippen MR) is 108 cm³/mol. The molecule has 0 aromatic heterocycles. The number of carboxylic acids is 1. The Kier molecular flexibility index (Phi) is 8.74. The van der Waals surface area contributed by atoms with Gasteiger partial charge in [0.25, 0.3) is 0 Å². The maximum atomic E-state index is 11.9. The van der Waals surface area contributed by atoms with Crippen LogP contribution in [0.2, 0.25) is 0 Å². The summed E-state index contributed by atoms with van der Waals surface area (Å²) in [5, 5.41) is 12.0. The van der Waals surface area contributed by atoms with E-state index in [2.05, 4.69) is 5.32 Å². The third-order valence-corrected chi connectivity index (χ3v) is 4.43. The van der Waals surface area contributed by atoms with Gasteiger partial charge in [-0.2, -0.15) is 0 Å². The molecule has 1 amide bonds. The number of rotatable bonds is 8. The van der Waals surface area contributed by atoms with Crippen LogP contribution in [-0.2, 0) is 38.1 Å². The smallest absolute Gasteiger partial charge is 0.339 e. The summed E-state index contributed by atoms with van der Waals surface area (Å²) in [4.78, 5) is 58.4. The zero-order valence-electron chi connectivity index (χ0n) is 18.4. The number of ether oxygens (including phenoxy) is 5. The molecule has 12 heteroatoms. The van der Waals surface area contributed by atoms with Crippen molar-refractivity contribution < 1.29 is 52.8 Å². The molecule has 0 bridgehead atoms. The van der Waals surface area contributed by atoms with E-state index in [1.165, 1.54) is 31.2 Å². The first-order valence-corrected chi connectivity index (χ1v) is 9.89. The lowest BCUT2D eigenvalue weighted by molar-refractivity contribution is -0.257. The number of carbonyl (C=O) groups excluding carboxylic acids is 4. The maximum absolute atomic E-state index is 11.9. The summed E-state index contributed by atoms with van der Waals surface area (Å²) in [6, 6.07) is 4.48. The highest BCUT2D eigenvalue weighted by atomic mass is 16.7. The van der Waals surface area contributed by atoms with Gasteiger partial charge in [0.05, 0.1) is 0 Å². The van der Waals surface area contributed by atoms with E-state index in [-0.39, 0.29) is 11.3 Å². The molecule has 0 unspecified atom stereocenters. The van der Waals surface area contributed by atoms with E-state index in [1.54, 1.807) is 0 Å². The van der Waals surface area contributed by atoms with Gasteiger partial charge in [0.2, 0.25) is 12.2 Å². The number of hydrogen-bond donors (Lipinski definition) is 2. The lowest BCUT2D eigenvalue weighted by Crippen LogP contribution is -2.67. The summed E-state index contributed by atoms with van der Waals surface area (Å²) in [5.41, 5.74) is -0.189. The molecule has 0 aliphatic carbocycles. The van der Waals surface area contributed by atoms with E-state index in [9.17, 15) is 29.1 Å². The van der Waals surface area contributed by atoms with Crippen LogP contribution in [0.25, 0.3) is 0 Å². The molecule has 1 aliphatic rings. The highest BCUT2D eigenvalue weighted by molar-refractivity contribution is 5.90. The molecule has 33 heavy (non-hydrogen) atoms. The van der Waals surface area contributed by atoms with Crippen molar-refractivity contribution in [2.24, 2.45) is 0 Å². The largest absolute Gasteiger partial charge is 0.478 e. The van der Waals surface area contributed by atoms with Crippen molar-refractivity contribution in [3.05, 3.63) is 29.8 Å². The van der Waals surface area contributed by atoms with E-state index < -0.39 is 67.0 Å². The standard InChI is InChI=1S/C21H25NO11/c1-10(23)22-17-19(31-13(4)26)18(30-12(3)25)16(9-29-11(2)24)33-21(17)32-15-8-6-5-7-14(15)20(27)28/h5-8,16-19,21H,9H2,1-4H3,(H,22,23)(H,27,28)/t16-,17+,18+,19+,21-/m0/s1. The van der Waals surface area contributed by atoms with Crippen molar-refractivity contribution in [3.8, 4) is 5.75 Å². The van der Waals surface area contributed by atoms with Crippen LogP contribution in [0.5, 0.6) is 5.75 Å². The summed E-state index contributed by atoms with van der Waals surface area (Å²) in [7, 11) is 0. The molecule has 0 spiro atoms. The minimum absolute atomic E-state index is 0.0934. The Morgan fingerprint density at radius 2 is 1.55 bits per heavy atom. The molecule has 1 aromatic rings. The van der Waals surface area contributed by atoms with Gasteiger partial charge >= 0.3 is 23.9 Å². The monoisotopic (exact) mass is 467 g/mol. The Hall–Kier alpha value is -3.67. The van der Waals surface area contributed by atoms with Crippen molar-refractivity contribution in [1.29, 1.82) is 0 Å². The van der Waals surface area contributed by atoms with Crippen LogP contribution < -0.4 is 10.1 Å². The first-order chi connectivity index (χ1) is 15.5. The van der Waals surface area contributed by atoms with E-state index in [0.29, 0.717) is 0 Å². The molecule has 0 saturated carbocycles. The lowest BCUT2D eigenvalue weighted by atomic mass is 9.96. The number of nitrogens with one attached hydrogen (secondary N) is 1. The van der Waals surface area contributed by atoms with E-state index in [1.807, 2.05) is 0 Å². The van der Waals surface area contributed by atoms with Crippen molar-refractivity contribution in [2.75, 3.05) is 6.61 Å². The zero-order chi connectivity index (χ0) is 24.7. The zero-order valence-corrected chi connectivity index (χ0v) is 18.4. The molecule has 180 valence electrons. The third-order valence-electron chi connectivity index (χ3n) is 4.43. The average molecular weight is 467 g/mol. The molecular weight excluding hydrogens is 442 g/mol. The van der Waals surface area contributed by atoms with Crippen LogP contribution in [0.4, 0.5) is 0 Å². The van der Waals surface area contributed by atoms with Gasteiger partial charge in [-0.15, -0.1) is 0 Å². The summed E-state index contributed by atoms with van der Waals surface area (Å²) >= 11 is 0. The molecule has 2 rings (SSSR count). The topological polar surface area (TPSA) is 164 Å². The van der Waals surface area contributed by atoms with Gasteiger partial charge in [-0.3, -0.25) is 19.2 Å². The fraction of sp³-hybridized carbons (Fsp3) is 0.476. The van der Waals surface area contributed by atoms with Crippen LogP contribution in [0.1, 0.15) is 38.1 Å². The van der Waals surface area contributed by atoms with Crippen LogP contribution >= 0.6 is 0 Å². The molecule has 1 saturated heterocycles. The Balaban J connectivity index is 2.51. The number of carboxylic acid groups (broad SMARTS) is 1. The number of benzene rings is 1. The fourth-order valence-corrected chi connectivity index (χ4v) is 3.26. The number of hydrogen-bond acceptors (Lipinski definition) is 10. The highest BCUT2D eigenvalue weighted by Crippen LogP contribution is 2.30. The SMILES string of the molecule is CC(=O)N[C@H]1[C@@H](Oc2ccccc2C(=O)O)O[C@@H](COC(C)=O)[C@@H](OC(C)=O)[C@@H]1OC(C)=O. The Labute approximate surface area is 189 Å². The van der Waals surface area contributed by atoms with Gasteiger partial charge in [-0.25, -0.2) is 4.79 Å². The van der Waals surface area contributed by atoms with Crippen molar-refractivity contribution >= 4 is 29.8 Å². The van der Waals surface area contributed by atoms with E-state index in [4.69, 9.17) is 23.7 Å². The number of para-hydroxylation sites is 1. The van der Waals surface area contributed by atoms with Gasteiger partial charge in [0.15, 0.2) is 12.2 Å². The summed E-state index contributed by atoms with van der Waals surface area (Å²) in [5.74, 6) is -4.08. The second-order valence-corrected chi connectivity index (χ2v) is 7.14. The lowest BCUT2D eigenvalue weighted by Gasteiger charge is -2.44. The molecule has 1 fully saturated rings. The summed E-state index contributed by atoms with van der Waals surface area (Å²) in [6.45, 7) is 4.18. The first-order valence-electron chi connectivity index (χ1n) is 9.89. The minimum atomic E-state index is -1.41. The van der Waals surface area contributed by atoms with Gasteiger partial charge < -0.3 is 34.1 Å². The van der Waals surface area contributed by atoms with Crippen LogP contribution in [0, 0.1) is 0 Å². The van der Waals surface area contributed by atoms with Gasteiger partial charge in [0.1, 0.15) is 30.1 Å². The summed E-state index contributed by atoms with van der Waals surface area (Å²) < 4.78 is 27.2. The molecule has 5 atom stereocenters. The Bertz CT molecular complexity index is 915. The van der Waals surface area contributed by atoms with E-state index >= 15 is 0 Å². The third kappa shape index (κ3) is 7.17. The average Bonchev–Trinajstić information content (AvgIpc) is 2.70. The molecule has 2 N–H and O–H groups in total. The molecule has 0 radical (unpaired) electrons. The Morgan fingerprint density at radius 3 is 2.09 bits per heavy atom.